The molecule has 7 nitrogen and oxygen atoms in total. The summed E-state index contributed by atoms with van der Waals surface area (Å²) in [5.41, 5.74) is 0.802. The summed E-state index contributed by atoms with van der Waals surface area (Å²) in [6.45, 7) is 0. The number of methoxy groups -OCH3 is 3. The molecular formula is C21H16N2O5. The molecule has 7 heteroatoms. The quantitative estimate of drug-likeness (QED) is 0.527. The van der Waals surface area contributed by atoms with Crippen molar-refractivity contribution < 1.29 is 14.2 Å². The SMILES string of the molecule is COc1cc(-c2nc(=O)c3c(-c4ccccc4)nc(=O)c2=3)cc(OC)c1OC. The summed E-state index contributed by atoms with van der Waals surface area (Å²) >= 11 is 0. The molecule has 0 unspecified atom stereocenters. The van der Waals surface area contributed by atoms with Crippen molar-refractivity contribution in [3.8, 4) is 39.8 Å². The molecule has 0 atom stereocenters. The summed E-state index contributed by atoms with van der Waals surface area (Å²) in [6, 6.07) is 12.4. The summed E-state index contributed by atoms with van der Waals surface area (Å²) in [5, 5.41) is 0.415. The Morgan fingerprint density at radius 2 is 1.18 bits per heavy atom. The summed E-state index contributed by atoms with van der Waals surface area (Å²) in [5.74, 6) is 1.21. The zero-order valence-electron chi connectivity index (χ0n) is 15.5. The van der Waals surface area contributed by atoms with Crippen molar-refractivity contribution in [2.45, 2.75) is 0 Å². The van der Waals surface area contributed by atoms with Crippen molar-refractivity contribution in [1.82, 2.24) is 9.97 Å². The smallest absolute Gasteiger partial charge is 0.280 e. The molecule has 0 fully saturated rings. The van der Waals surface area contributed by atoms with Gasteiger partial charge in [-0.15, -0.1) is 0 Å². The normalized spacial score (nSPS) is 11.0. The van der Waals surface area contributed by atoms with Gasteiger partial charge >= 0.3 is 0 Å². The van der Waals surface area contributed by atoms with Crippen LogP contribution in [0.25, 0.3) is 22.5 Å². The number of nitrogens with zero attached hydrogens (tertiary/aromatic N) is 2. The first-order chi connectivity index (χ1) is 13.6. The standard InChI is InChI=1S/C21H16N2O5/c1-26-13-9-12(10-14(27-2)19(13)28-3)18-16-15(20(24)23-18)17(22-21(16)25)11-7-5-4-6-8-11/h4-10H,1-3H3. The second-order valence-corrected chi connectivity index (χ2v) is 6.06. The Morgan fingerprint density at radius 1 is 0.679 bits per heavy atom. The summed E-state index contributed by atoms with van der Waals surface area (Å²) in [4.78, 5) is 33.5. The van der Waals surface area contributed by atoms with Crippen LogP contribution in [0.3, 0.4) is 0 Å². The Kier molecular flexibility index (Phi) is 4.27. The maximum Gasteiger partial charge on any atom is 0.280 e. The molecule has 0 aromatic heterocycles. The number of hydrogen-bond acceptors (Lipinski definition) is 7. The van der Waals surface area contributed by atoms with Gasteiger partial charge in [0, 0.05) is 11.1 Å². The van der Waals surface area contributed by atoms with Crippen LogP contribution in [0.4, 0.5) is 0 Å². The van der Waals surface area contributed by atoms with Gasteiger partial charge in [-0.2, -0.15) is 0 Å². The lowest BCUT2D eigenvalue weighted by Gasteiger charge is -2.13. The lowest BCUT2D eigenvalue weighted by atomic mass is 10.1. The van der Waals surface area contributed by atoms with Gasteiger partial charge in [-0.3, -0.25) is 9.59 Å². The summed E-state index contributed by atoms with van der Waals surface area (Å²) < 4.78 is 16.0. The fourth-order valence-corrected chi connectivity index (χ4v) is 3.31. The zero-order chi connectivity index (χ0) is 19.8. The molecule has 4 rings (SSSR count). The molecule has 0 saturated carbocycles. The number of ether oxygens (including phenoxy) is 3. The molecule has 0 aliphatic carbocycles. The van der Waals surface area contributed by atoms with Crippen LogP contribution in [0.2, 0.25) is 0 Å². The molecule has 140 valence electrons. The van der Waals surface area contributed by atoms with Crippen molar-refractivity contribution in [2.24, 2.45) is 0 Å². The first-order valence-electron chi connectivity index (χ1n) is 8.46. The molecule has 2 aromatic carbocycles. The topological polar surface area (TPSA) is 87.6 Å². The van der Waals surface area contributed by atoms with Crippen LogP contribution in [0.1, 0.15) is 0 Å². The molecule has 0 spiro atoms. The highest BCUT2D eigenvalue weighted by Gasteiger charge is 2.22. The predicted octanol–water partition coefficient (Wildman–Crippen LogP) is 2.16. The first-order valence-corrected chi connectivity index (χ1v) is 8.46. The van der Waals surface area contributed by atoms with Crippen molar-refractivity contribution in [1.29, 1.82) is 0 Å². The molecule has 0 radical (unpaired) electrons. The third-order valence-corrected chi connectivity index (χ3v) is 4.56. The number of benzene rings is 2. The maximum absolute atomic E-state index is 12.6. The van der Waals surface area contributed by atoms with Crippen molar-refractivity contribution in [3.63, 3.8) is 0 Å². The van der Waals surface area contributed by atoms with Crippen LogP contribution in [0.5, 0.6) is 17.2 Å². The highest BCUT2D eigenvalue weighted by molar-refractivity contribution is 5.71. The molecule has 2 aromatic rings. The van der Waals surface area contributed by atoms with E-state index in [2.05, 4.69) is 9.97 Å². The van der Waals surface area contributed by atoms with E-state index < -0.39 is 11.1 Å². The van der Waals surface area contributed by atoms with Gasteiger partial charge in [-0.05, 0) is 12.1 Å². The number of hydrogen-bond donors (Lipinski definition) is 0. The van der Waals surface area contributed by atoms with E-state index in [4.69, 9.17) is 14.2 Å². The van der Waals surface area contributed by atoms with Gasteiger partial charge in [0.05, 0.1) is 43.2 Å². The minimum absolute atomic E-state index is 0.193. The van der Waals surface area contributed by atoms with E-state index in [0.29, 0.717) is 34.1 Å². The fourth-order valence-electron chi connectivity index (χ4n) is 3.31. The number of aromatic nitrogens is 2. The zero-order valence-corrected chi connectivity index (χ0v) is 15.5. The van der Waals surface area contributed by atoms with Gasteiger partial charge in [0.15, 0.2) is 11.5 Å². The minimum atomic E-state index is -0.493. The fraction of sp³-hybridized carbons (Fsp3) is 0.143. The van der Waals surface area contributed by atoms with Crippen LogP contribution in [-0.4, -0.2) is 31.3 Å². The highest BCUT2D eigenvalue weighted by Crippen LogP contribution is 2.41. The van der Waals surface area contributed by atoms with E-state index in [1.807, 2.05) is 18.2 Å². The lowest BCUT2D eigenvalue weighted by Crippen LogP contribution is -2.05. The van der Waals surface area contributed by atoms with Crippen LogP contribution in [-0.2, 0) is 0 Å². The second kappa shape index (κ2) is 6.77. The molecule has 2 aliphatic rings. The van der Waals surface area contributed by atoms with E-state index in [9.17, 15) is 9.59 Å². The largest absolute Gasteiger partial charge is 0.493 e. The average molecular weight is 376 g/mol. The lowest BCUT2D eigenvalue weighted by molar-refractivity contribution is 0.324. The van der Waals surface area contributed by atoms with E-state index in [1.165, 1.54) is 21.3 Å². The van der Waals surface area contributed by atoms with Crippen molar-refractivity contribution in [2.75, 3.05) is 21.3 Å². The van der Waals surface area contributed by atoms with Gasteiger partial charge < -0.3 is 14.2 Å². The Morgan fingerprint density at radius 3 is 1.64 bits per heavy atom. The van der Waals surface area contributed by atoms with Gasteiger partial charge in [-0.25, -0.2) is 9.97 Å². The molecule has 2 heterocycles. The molecule has 0 bridgehead atoms. The van der Waals surface area contributed by atoms with Gasteiger partial charge in [0.2, 0.25) is 5.75 Å². The van der Waals surface area contributed by atoms with Crippen LogP contribution < -0.4 is 25.3 Å². The maximum atomic E-state index is 12.6. The molecule has 0 N–H and O–H groups in total. The van der Waals surface area contributed by atoms with E-state index in [-0.39, 0.29) is 16.1 Å². The minimum Gasteiger partial charge on any atom is -0.493 e. The van der Waals surface area contributed by atoms with Crippen molar-refractivity contribution in [3.05, 3.63) is 73.6 Å². The molecule has 28 heavy (non-hydrogen) atoms. The van der Waals surface area contributed by atoms with E-state index in [0.717, 1.165) is 0 Å². The van der Waals surface area contributed by atoms with E-state index in [1.54, 1.807) is 24.3 Å². The first kappa shape index (κ1) is 17.7. The highest BCUT2D eigenvalue weighted by atomic mass is 16.5. The Bertz CT molecular complexity index is 1280. The molecule has 2 aliphatic heterocycles. The third kappa shape index (κ3) is 2.60. The second-order valence-electron chi connectivity index (χ2n) is 6.06. The Hall–Kier alpha value is -3.74. The van der Waals surface area contributed by atoms with E-state index >= 15 is 0 Å². The van der Waals surface area contributed by atoms with Crippen LogP contribution in [0, 0.1) is 10.4 Å². The van der Waals surface area contributed by atoms with Gasteiger partial charge in [-0.1, -0.05) is 30.3 Å². The Labute approximate surface area is 159 Å². The predicted molar refractivity (Wildman–Crippen MR) is 103 cm³/mol. The van der Waals surface area contributed by atoms with Crippen molar-refractivity contribution >= 4 is 0 Å². The van der Waals surface area contributed by atoms with Crippen LogP contribution in [0.15, 0.2) is 52.1 Å². The molecule has 0 amide bonds. The third-order valence-electron chi connectivity index (χ3n) is 4.56. The summed E-state index contributed by atoms with van der Waals surface area (Å²) in [6.07, 6.45) is 0. The van der Waals surface area contributed by atoms with Gasteiger partial charge in [0.1, 0.15) is 0 Å². The molecule has 0 saturated heterocycles. The Balaban J connectivity index is 2.04. The average Bonchev–Trinajstić information content (AvgIpc) is 3.26. The van der Waals surface area contributed by atoms with Crippen LogP contribution >= 0.6 is 0 Å². The van der Waals surface area contributed by atoms with Gasteiger partial charge in [0.25, 0.3) is 11.1 Å². The summed E-state index contributed by atoms with van der Waals surface area (Å²) in [7, 11) is 4.48. The number of rotatable bonds is 5. The molecular weight excluding hydrogens is 360 g/mol. The monoisotopic (exact) mass is 376 g/mol.